The van der Waals surface area contributed by atoms with E-state index in [1.165, 1.54) is 0 Å². The van der Waals surface area contributed by atoms with Crippen LogP contribution in [0.4, 0.5) is 0 Å². The molecule has 0 bridgehead atoms. The van der Waals surface area contributed by atoms with Crippen LogP contribution in [-0.2, 0) is 0 Å². The van der Waals surface area contributed by atoms with Crippen molar-refractivity contribution in [3.63, 3.8) is 0 Å². The molecule has 0 aromatic carbocycles. The Balaban J connectivity index is 2.32. The van der Waals surface area contributed by atoms with Crippen LogP contribution in [0, 0.1) is 0 Å². The van der Waals surface area contributed by atoms with Crippen LogP contribution in [0.15, 0.2) is 0 Å². The molecule has 1 unspecified atom stereocenters. The lowest BCUT2D eigenvalue weighted by Gasteiger charge is -2.20. The number of rotatable bonds is 2. The quantitative estimate of drug-likeness (QED) is 0.320. The zero-order valence-corrected chi connectivity index (χ0v) is 5.72. The highest BCUT2D eigenvalue weighted by atomic mass is 15.5. The van der Waals surface area contributed by atoms with Gasteiger partial charge in [-0.25, -0.2) is 5.43 Å². The minimum Gasteiger partial charge on any atom is -0.287 e. The van der Waals surface area contributed by atoms with Gasteiger partial charge in [0.1, 0.15) is 6.29 Å². The molecule has 4 heteroatoms. The Morgan fingerprint density at radius 3 is 3.11 bits per heavy atom. The third kappa shape index (κ3) is 1.40. The SMILES string of the molecule is CCN1CCNC1NN. The maximum Gasteiger partial charge on any atom is 0.127 e. The molecule has 0 aromatic rings. The molecule has 0 spiro atoms. The largest absolute Gasteiger partial charge is 0.287 e. The molecular formula is C5H14N4. The molecule has 54 valence electrons. The summed E-state index contributed by atoms with van der Waals surface area (Å²) < 4.78 is 0. The van der Waals surface area contributed by atoms with E-state index in [-0.39, 0.29) is 6.29 Å². The third-order valence-electron chi connectivity index (χ3n) is 1.67. The monoisotopic (exact) mass is 130 g/mol. The number of hydrogen-bond acceptors (Lipinski definition) is 4. The van der Waals surface area contributed by atoms with Crippen molar-refractivity contribution in [1.29, 1.82) is 0 Å². The van der Waals surface area contributed by atoms with Gasteiger partial charge in [-0.3, -0.25) is 16.1 Å². The van der Waals surface area contributed by atoms with Crippen molar-refractivity contribution in [2.45, 2.75) is 13.2 Å². The normalized spacial score (nSPS) is 29.3. The first-order valence-corrected chi connectivity index (χ1v) is 3.32. The highest BCUT2D eigenvalue weighted by Gasteiger charge is 2.19. The maximum absolute atomic E-state index is 5.25. The minimum atomic E-state index is 0.190. The van der Waals surface area contributed by atoms with Gasteiger partial charge in [0.25, 0.3) is 0 Å². The topological polar surface area (TPSA) is 53.3 Å². The van der Waals surface area contributed by atoms with Crippen molar-refractivity contribution in [3.05, 3.63) is 0 Å². The molecule has 1 saturated heterocycles. The van der Waals surface area contributed by atoms with Gasteiger partial charge in [0.15, 0.2) is 0 Å². The van der Waals surface area contributed by atoms with Gasteiger partial charge in [0.2, 0.25) is 0 Å². The van der Waals surface area contributed by atoms with Gasteiger partial charge in [-0.15, -0.1) is 0 Å². The number of nitrogens with one attached hydrogen (secondary N) is 2. The van der Waals surface area contributed by atoms with Crippen LogP contribution in [0.5, 0.6) is 0 Å². The molecular weight excluding hydrogens is 116 g/mol. The first-order chi connectivity index (χ1) is 4.38. The second-order valence-corrected chi connectivity index (χ2v) is 2.15. The van der Waals surface area contributed by atoms with Gasteiger partial charge >= 0.3 is 0 Å². The van der Waals surface area contributed by atoms with E-state index in [2.05, 4.69) is 22.6 Å². The molecule has 1 rings (SSSR count). The molecule has 1 aliphatic rings. The molecule has 0 aliphatic carbocycles. The highest BCUT2D eigenvalue weighted by molar-refractivity contribution is 4.72. The summed E-state index contributed by atoms with van der Waals surface area (Å²) in [7, 11) is 0. The van der Waals surface area contributed by atoms with Gasteiger partial charge < -0.3 is 0 Å². The molecule has 4 nitrogen and oxygen atoms in total. The number of likely N-dealkylation sites (N-methyl/N-ethyl adjacent to an activating group) is 1. The van der Waals surface area contributed by atoms with Crippen LogP contribution < -0.4 is 16.6 Å². The molecule has 9 heavy (non-hydrogen) atoms. The van der Waals surface area contributed by atoms with Gasteiger partial charge in [0, 0.05) is 13.1 Å². The van der Waals surface area contributed by atoms with Crippen molar-refractivity contribution in [1.82, 2.24) is 15.6 Å². The van der Waals surface area contributed by atoms with Gasteiger partial charge in [-0.1, -0.05) is 6.92 Å². The van der Waals surface area contributed by atoms with Crippen LogP contribution in [0.25, 0.3) is 0 Å². The van der Waals surface area contributed by atoms with Crippen molar-refractivity contribution in [2.24, 2.45) is 5.84 Å². The number of nitrogens with two attached hydrogens (primary N) is 1. The predicted molar refractivity (Wildman–Crippen MR) is 36.4 cm³/mol. The van der Waals surface area contributed by atoms with E-state index >= 15 is 0 Å². The zero-order chi connectivity index (χ0) is 6.69. The lowest BCUT2D eigenvalue weighted by atomic mass is 10.6. The van der Waals surface area contributed by atoms with Crippen molar-refractivity contribution >= 4 is 0 Å². The summed E-state index contributed by atoms with van der Waals surface area (Å²) in [5.74, 6) is 5.25. The Morgan fingerprint density at radius 2 is 2.67 bits per heavy atom. The first-order valence-electron chi connectivity index (χ1n) is 3.32. The van der Waals surface area contributed by atoms with Crippen molar-refractivity contribution in [3.8, 4) is 0 Å². The Hall–Kier alpha value is -0.160. The summed E-state index contributed by atoms with van der Waals surface area (Å²) in [6, 6.07) is 0. The van der Waals surface area contributed by atoms with Crippen molar-refractivity contribution < 1.29 is 0 Å². The van der Waals surface area contributed by atoms with Gasteiger partial charge in [0.05, 0.1) is 0 Å². The molecule has 0 amide bonds. The number of nitrogens with zero attached hydrogens (tertiary/aromatic N) is 1. The maximum atomic E-state index is 5.25. The molecule has 1 fully saturated rings. The Bertz CT molecular complexity index is 75.0. The highest BCUT2D eigenvalue weighted by Crippen LogP contribution is 1.96. The molecule has 0 radical (unpaired) electrons. The fraction of sp³-hybridized carbons (Fsp3) is 1.00. The van der Waals surface area contributed by atoms with Crippen LogP contribution >= 0.6 is 0 Å². The fourth-order valence-corrected chi connectivity index (χ4v) is 1.11. The average molecular weight is 130 g/mol. The molecule has 1 heterocycles. The number of hydrazine groups is 1. The van der Waals surface area contributed by atoms with Crippen LogP contribution in [-0.4, -0.2) is 30.8 Å². The van der Waals surface area contributed by atoms with Crippen molar-refractivity contribution in [2.75, 3.05) is 19.6 Å². The molecule has 0 aromatic heterocycles. The summed E-state index contributed by atoms with van der Waals surface area (Å²) in [4.78, 5) is 2.24. The number of hydrogen-bond donors (Lipinski definition) is 3. The van der Waals surface area contributed by atoms with Gasteiger partial charge in [-0.2, -0.15) is 0 Å². The molecule has 0 saturated carbocycles. The Kier molecular flexibility index (Phi) is 2.41. The van der Waals surface area contributed by atoms with E-state index in [4.69, 9.17) is 5.84 Å². The fourth-order valence-electron chi connectivity index (χ4n) is 1.11. The summed E-state index contributed by atoms with van der Waals surface area (Å²) >= 11 is 0. The summed E-state index contributed by atoms with van der Waals surface area (Å²) in [5, 5.41) is 3.20. The van der Waals surface area contributed by atoms with Gasteiger partial charge in [-0.05, 0) is 6.54 Å². The Labute approximate surface area is 55.4 Å². The van der Waals surface area contributed by atoms with E-state index in [0.717, 1.165) is 19.6 Å². The Morgan fingerprint density at radius 1 is 1.89 bits per heavy atom. The molecule has 1 aliphatic heterocycles. The smallest absolute Gasteiger partial charge is 0.127 e. The van der Waals surface area contributed by atoms with E-state index in [1.807, 2.05) is 0 Å². The summed E-state index contributed by atoms with van der Waals surface area (Å²) in [5.41, 5.74) is 2.68. The lowest BCUT2D eigenvalue weighted by Crippen LogP contribution is -2.50. The lowest BCUT2D eigenvalue weighted by molar-refractivity contribution is 0.216. The first kappa shape index (κ1) is 6.95. The van der Waals surface area contributed by atoms with E-state index < -0.39 is 0 Å². The standard InChI is InChI=1S/C5H14N4/c1-2-9-4-3-7-5(9)8-6/h5,7-8H,2-4,6H2,1H3. The van der Waals surface area contributed by atoms with E-state index in [1.54, 1.807) is 0 Å². The summed E-state index contributed by atoms with van der Waals surface area (Å²) in [6.45, 7) is 5.28. The third-order valence-corrected chi connectivity index (χ3v) is 1.67. The zero-order valence-electron chi connectivity index (χ0n) is 5.72. The second kappa shape index (κ2) is 3.12. The molecule has 1 atom stereocenters. The molecule has 4 N–H and O–H groups in total. The second-order valence-electron chi connectivity index (χ2n) is 2.15. The van der Waals surface area contributed by atoms with Crippen LogP contribution in [0.2, 0.25) is 0 Å². The average Bonchev–Trinajstić information content (AvgIpc) is 2.33. The van der Waals surface area contributed by atoms with Crippen LogP contribution in [0.3, 0.4) is 0 Å². The van der Waals surface area contributed by atoms with E-state index in [9.17, 15) is 0 Å². The van der Waals surface area contributed by atoms with Crippen LogP contribution in [0.1, 0.15) is 6.92 Å². The summed E-state index contributed by atoms with van der Waals surface area (Å²) in [6.07, 6.45) is 0.190. The predicted octanol–water partition coefficient (Wildman–Crippen LogP) is -1.34. The minimum absolute atomic E-state index is 0.190. The van der Waals surface area contributed by atoms with E-state index in [0.29, 0.717) is 0 Å².